The van der Waals surface area contributed by atoms with Crippen LogP contribution in [-0.4, -0.2) is 82.0 Å². The summed E-state index contributed by atoms with van der Waals surface area (Å²) in [4.78, 5) is 0. The fourth-order valence-corrected chi connectivity index (χ4v) is 41.2. The van der Waals surface area contributed by atoms with Gasteiger partial charge in [0.2, 0.25) is 0 Å². The summed E-state index contributed by atoms with van der Waals surface area (Å²) in [5.74, 6) is 5.27. The standard InChI is InChI=1S/C61H90O4P4Si/c1-61(2,45-66(47-29-13-9-14-30-47)48-31-15-10-16-32-48)59(68(49-33-17-11-18-34-49)50-35-19-12-20-36-50)60(69(57-43-27-23-39-53(57)64-5)58-44-28-24-40-54(58)65-6)70(7,8)46-67(55-41-25-21-37-51(55)62-3)56-42-26-22-38-52(56)63-4/h21-28,37-44,47-50,59-60H,9-20,29-36,45-46H2,1-8H3. The van der Waals surface area contributed by atoms with E-state index in [1.54, 1.807) is 0 Å². The molecule has 0 aromatic heterocycles. The van der Waals surface area contributed by atoms with E-state index in [2.05, 4.69) is 124 Å². The highest BCUT2D eigenvalue weighted by Gasteiger charge is 2.56. The average Bonchev–Trinajstić information content (AvgIpc) is 3.41. The Labute approximate surface area is 432 Å². The van der Waals surface area contributed by atoms with Gasteiger partial charge >= 0.3 is 0 Å². The van der Waals surface area contributed by atoms with Gasteiger partial charge in [-0.05, 0) is 142 Å². The smallest absolute Gasteiger partial charge is 0.126 e. The first-order valence-corrected chi connectivity index (χ1v) is 37.2. The number of rotatable bonds is 21. The number of benzene rings is 4. The van der Waals surface area contributed by atoms with Crippen LogP contribution in [0.15, 0.2) is 97.1 Å². The number of hydrogen-bond acceptors (Lipinski definition) is 4. The van der Waals surface area contributed by atoms with Gasteiger partial charge in [-0.2, -0.15) is 0 Å². The van der Waals surface area contributed by atoms with E-state index in [4.69, 9.17) is 18.9 Å². The van der Waals surface area contributed by atoms with Gasteiger partial charge in [0, 0.05) is 21.2 Å². The molecular formula is C61H90O4P4Si. The van der Waals surface area contributed by atoms with E-state index in [1.807, 2.05) is 28.4 Å². The molecule has 4 aromatic rings. The van der Waals surface area contributed by atoms with E-state index in [9.17, 15) is 0 Å². The van der Waals surface area contributed by atoms with Crippen LogP contribution in [0.5, 0.6) is 23.0 Å². The molecule has 4 aliphatic carbocycles. The molecular weight excluding hydrogens is 949 g/mol. The van der Waals surface area contributed by atoms with Gasteiger partial charge in [-0.1, -0.05) is 193 Å². The lowest BCUT2D eigenvalue weighted by Crippen LogP contribution is -2.58. The van der Waals surface area contributed by atoms with Crippen molar-refractivity contribution in [2.45, 2.75) is 189 Å². The van der Waals surface area contributed by atoms with Crippen molar-refractivity contribution in [1.29, 1.82) is 0 Å². The van der Waals surface area contributed by atoms with Gasteiger partial charge in [0.05, 0.1) is 36.5 Å². The molecule has 0 aliphatic heterocycles. The van der Waals surface area contributed by atoms with Gasteiger partial charge in [0.25, 0.3) is 0 Å². The zero-order valence-electron chi connectivity index (χ0n) is 44.7. The summed E-state index contributed by atoms with van der Waals surface area (Å²) in [5.41, 5.74) is 4.27. The molecule has 4 fully saturated rings. The fraction of sp³-hybridized carbons (Fsp3) is 0.607. The Morgan fingerprint density at radius 2 is 0.771 bits per heavy atom. The van der Waals surface area contributed by atoms with Crippen LogP contribution in [0.25, 0.3) is 0 Å². The molecule has 382 valence electrons. The zero-order chi connectivity index (χ0) is 49.1. The molecule has 0 spiro atoms. The summed E-state index contributed by atoms with van der Waals surface area (Å²) in [6.07, 6.45) is 30.2. The van der Waals surface area contributed by atoms with Gasteiger partial charge in [-0.15, -0.1) is 0 Å². The van der Waals surface area contributed by atoms with E-state index in [1.165, 1.54) is 156 Å². The SMILES string of the molecule is COc1ccccc1P(C[Si](C)(C)C(C(P(C1CCCCC1)C1CCCCC1)C(C)(C)CP(C1CCCCC1)C1CCCCC1)P(c1ccccc1OC)c1ccccc1OC)c1ccccc1OC. The third-order valence-electron chi connectivity index (χ3n) is 17.2. The van der Waals surface area contributed by atoms with Crippen molar-refractivity contribution in [3.63, 3.8) is 0 Å². The van der Waals surface area contributed by atoms with Crippen molar-refractivity contribution in [3.05, 3.63) is 97.1 Å². The second-order valence-corrected chi connectivity index (χ2v) is 38.9. The molecule has 70 heavy (non-hydrogen) atoms. The van der Waals surface area contributed by atoms with Crippen LogP contribution < -0.4 is 40.2 Å². The van der Waals surface area contributed by atoms with E-state index >= 15 is 0 Å². The summed E-state index contributed by atoms with van der Waals surface area (Å²) in [6, 6.07) is 36.6. The molecule has 0 heterocycles. The van der Waals surface area contributed by atoms with Crippen LogP contribution in [0.4, 0.5) is 0 Å². The highest BCUT2D eigenvalue weighted by molar-refractivity contribution is 7.79. The molecule has 4 aromatic carbocycles. The lowest BCUT2D eigenvalue weighted by Gasteiger charge is -2.58. The summed E-state index contributed by atoms with van der Waals surface area (Å²) < 4.78 is 26.0. The quantitative estimate of drug-likeness (QED) is 0.0616. The second kappa shape index (κ2) is 26.0. The molecule has 4 saturated carbocycles. The summed E-state index contributed by atoms with van der Waals surface area (Å²) in [7, 11) is 2.75. The van der Waals surface area contributed by atoms with E-state index in [0.717, 1.165) is 51.4 Å². The molecule has 2 atom stereocenters. The van der Waals surface area contributed by atoms with Crippen molar-refractivity contribution >= 4 is 61.0 Å². The maximum atomic E-state index is 6.62. The highest BCUT2D eigenvalue weighted by atomic mass is 31.1. The average molecular weight is 1040 g/mol. The van der Waals surface area contributed by atoms with Gasteiger partial charge in [-0.25, -0.2) is 0 Å². The first-order chi connectivity index (χ1) is 34.1. The van der Waals surface area contributed by atoms with Crippen LogP contribution in [0.3, 0.4) is 0 Å². The number of methoxy groups -OCH3 is 4. The van der Waals surface area contributed by atoms with Crippen LogP contribution in [0.2, 0.25) is 13.1 Å². The molecule has 0 radical (unpaired) electrons. The molecule has 4 aliphatic rings. The maximum Gasteiger partial charge on any atom is 0.126 e. The summed E-state index contributed by atoms with van der Waals surface area (Å²) in [5, 5.41) is 5.98. The Morgan fingerprint density at radius 1 is 0.457 bits per heavy atom. The van der Waals surface area contributed by atoms with Gasteiger partial charge < -0.3 is 18.9 Å². The Kier molecular flexibility index (Phi) is 20.2. The number of hydrogen-bond donors (Lipinski definition) is 0. The highest BCUT2D eigenvalue weighted by Crippen LogP contribution is 2.71. The predicted molar refractivity (Wildman–Crippen MR) is 314 cm³/mol. The van der Waals surface area contributed by atoms with Gasteiger partial charge in [0.15, 0.2) is 0 Å². The Balaban J connectivity index is 1.44. The third-order valence-corrected chi connectivity index (χ3v) is 40.0. The lowest BCUT2D eigenvalue weighted by molar-refractivity contribution is 0.384. The molecule has 0 N–H and O–H groups in total. The number of ether oxygens (including phenoxy) is 4. The van der Waals surface area contributed by atoms with Crippen molar-refractivity contribution in [2.24, 2.45) is 5.41 Å². The fourth-order valence-electron chi connectivity index (χ4n) is 14.0. The number of para-hydroxylation sites is 4. The van der Waals surface area contributed by atoms with E-state index in [0.29, 0.717) is 10.9 Å². The van der Waals surface area contributed by atoms with Crippen molar-refractivity contribution < 1.29 is 18.9 Å². The van der Waals surface area contributed by atoms with Crippen LogP contribution >= 0.6 is 31.7 Å². The molecule has 4 nitrogen and oxygen atoms in total. The molecule has 0 amide bonds. The molecule has 9 heteroatoms. The normalized spacial score (nSPS) is 19.4. The zero-order valence-corrected chi connectivity index (χ0v) is 49.3. The minimum absolute atomic E-state index is 0.132. The predicted octanol–water partition coefficient (Wildman–Crippen LogP) is 16.1. The molecule has 0 bridgehead atoms. The van der Waals surface area contributed by atoms with E-state index < -0.39 is 23.9 Å². The lowest BCUT2D eigenvalue weighted by atomic mass is 9.92. The van der Waals surface area contributed by atoms with Gasteiger partial charge in [0.1, 0.15) is 23.0 Å². The Bertz CT molecular complexity index is 2080. The Morgan fingerprint density at radius 3 is 1.13 bits per heavy atom. The summed E-state index contributed by atoms with van der Waals surface area (Å²) in [6.45, 7) is 11.6. The van der Waals surface area contributed by atoms with Crippen molar-refractivity contribution in [2.75, 3.05) is 40.4 Å². The first-order valence-electron chi connectivity index (χ1n) is 27.7. The van der Waals surface area contributed by atoms with Crippen LogP contribution in [0, 0.1) is 5.41 Å². The summed E-state index contributed by atoms with van der Waals surface area (Å²) >= 11 is 0. The van der Waals surface area contributed by atoms with Gasteiger partial charge in [-0.3, -0.25) is 0 Å². The minimum atomic E-state index is -2.47. The molecule has 2 unspecified atom stereocenters. The molecule has 8 rings (SSSR count). The third kappa shape index (κ3) is 12.7. The minimum Gasteiger partial charge on any atom is -0.496 e. The topological polar surface area (TPSA) is 36.9 Å². The maximum absolute atomic E-state index is 6.62. The molecule has 0 saturated heterocycles. The monoisotopic (exact) mass is 1040 g/mol. The van der Waals surface area contributed by atoms with Crippen LogP contribution in [0.1, 0.15) is 142 Å². The largest absolute Gasteiger partial charge is 0.496 e. The first kappa shape index (κ1) is 54.3. The van der Waals surface area contributed by atoms with Crippen LogP contribution in [-0.2, 0) is 0 Å². The Hall–Kier alpha value is -1.98. The van der Waals surface area contributed by atoms with Crippen molar-refractivity contribution in [1.82, 2.24) is 0 Å². The van der Waals surface area contributed by atoms with E-state index in [-0.39, 0.29) is 21.3 Å². The van der Waals surface area contributed by atoms with Crippen molar-refractivity contribution in [3.8, 4) is 23.0 Å². The second-order valence-electron chi connectivity index (χ2n) is 22.8.